The normalized spacial score (nSPS) is 11.0. The van der Waals surface area contributed by atoms with Gasteiger partial charge in [0, 0.05) is 33.9 Å². The van der Waals surface area contributed by atoms with E-state index in [4.69, 9.17) is 9.47 Å². The van der Waals surface area contributed by atoms with Gasteiger partial charge < -0.3 is 20.1 Å². The lowest BCUT2D eigenvalue weighted by molar-refractivity contribution is 0.195. The van der Waals surface area contributed by atoms with E-state index in [2.05, 4.69) is 48.5 Å². The highest BCUT2D eigenvalue weighted by Crippen LogP contribution is 2.23. The van der Waals surface area contributed by atoms with E-state index in [9.17, 15) is 0 Å². The number of hydrogen-bond acceptors (Lipinski definition) is 3. The summed E-state index contributed by atoms with van der Waals surface area (Å²) in [6, 6.07) is 4.29. The van der Waals surface area contributed by atoms with E-state index < -0.39 is 0 Å². The second-order valence-electron chi connectivity index (χ2n) is 5.68. The molecule has 1 rings (SSSR count). The SMILES string of the molecule is CN=C(NCCCOC)NCCCOc1cc(C)cc(C)c1C.I. The van der Waals surface area contributed by atoms with Crippen LogP contribution in [0.4, 0.5) is 0 Å². The van der Waals surface area contributed by atoms with E-state index in [1.54, 1.807) is 14.2 Å². The molecule has 0 aliphatic heterocycles. The van der Waals surface area contributed by atoms with Crippen LogP contribution in [0, 0.1) is 20.8 Å². The van der Waals surface area contributed by atoms with Crippen LogP contribution in [0.25, 0.3) is 0 Å². The molecule has 0 atom stereocenters. The summed E-state index contributed by atoms with van der Waals surface area (Å²) in [4.78, 5) is 4.19. The minimum atomic E-state index is 0. The first kappa shape index (κ1) is 23.0. The summed E-state index contributed by atoms with van der Waals surface area (Å²) in [6.07, 6.45) is 1.89. The van der Waals surface area contributed by atoms with Crippen molar-refractivity contribution in [3.63, 3.8) is 0 Å². The van der Waals surface area contributed by atoms with Gasteiger partial charge in [0.2, 0.25) is 0 Å². The molecule has 0 aliphatic rings. The second-order valence-corrected chi connectivity index (χ2v) is 5.68. The fraction of sp³-hybridized carbons (Fsp3) is 0.611. The van der Waals surface area contributed by atoms with Gasteiger partial charge in [-0.15, -0.1) is 24.0 Å². The van der Waals surface area contributed by atoms with Crippen LogP contribution < -0.4 is 15.4 Å². The third kappa shape index (κ3) is 8.73. The Balaban J connectivity index is 0.00000529. The molecular weight excluding hydrogens is 417 g/mol. The minimum absolute atomic E-state index is 0. The number of aliphatic imine (C=N–C) groups is 1. The van der Waals surface area contributed by atoms with Gasteiger partial charge >= 0.3 is 0 Å². The summed E-state index contributed by atoms with van der Waals surface area (Å²) in [5, 5.41) is 6.54. The lowest BCUT2D eigenvalue weighted by Gasteiger charge is -2.14. The first-order chi connectivity index (χ1) is 11.1. The minimum Gasteiger partial charge on any atom is -0.493 e. The van der Waals surface area contributed by atoms with Crippen LogP contribution in [0.3, 0.4) is 0 Å². The Morgan fingerprint density at radius 2 is 1.67 bits per heavy atom. The molecule has 0 bridgehead atoms. The van der Waals surface area contributed by atoms with Gasteiger partial charge in [-0.05, 0) is 56.4 Å². The Labute approximate surface area is 163 Å². The van der Waals surface area contributed by atoms with Crippen molar-refractivity contribution in [2.45, 2.75) is 33.6 Å². The Kier molecular flexibility index (Phi) is 12.7. The second kappa shape index (κ2) is 13.3. The molecule has 0 aromatic heterocycles. The van der Waals surface area contributed by atoms with E-state index >= 15 is 0 Å². The van der Waals surface area contributed by atoms with Crippen molar-refractivity contribution < 1.29 is 9.47 Å². The molecule has 0 spiro atoms. The smallest absolute Gasteiger partial charge is 0.190 e. The molecule has 2 N–H and O–H groups in total. The molecule has 0 saturated carbocycles. The highest BCUT2D eigenvalue weighted by Gasteiger charge is 2.04. The van der Waals surface area contributed by atoms with Gasteiger partial charge in [0.25, 0.3) is 0 Å². The Bertz CT molecular complexity index is 507. The number of halogens is 1. The van der Waals surface area contributed by atoms with E-state index in [-0.39, 0.29) is 24.0 Å². The van der Waals surface area contributed by atoms with Crippen molar-refractivity contribution in [2.75, 3.05) is 40.5 Å². The first-order valence-corrected chi connectivity index (χ1v) is 8.22. The monoisotopic (exact) mass is 449 g/mol. The lowest BCUT2D eigenvalue weighted by atomic mass is 10.1. The third-order valence-electron chi connectivity index (χ3n) is 3.68. The molecule has 0 unspecified atom stereocenters. The molecule has 0 amide bonds. The molecule has 0 fully saturated rings. The number of hydrogen-bond donors (Lipinski definition) is 2. The van der Waals surface area contributed by atoms with E-state index in [0.29, 0.717) is 6.61 Å². The summed E-state index contributed by atoms with van der Waals surface area (Å²) in [7, 11) is 3.49. The molecule has 6 heteroatoms. The summed E-state index contributed by atoms with van der Waals surface area (Å²) in [5.41, 5.74) is 3.74. The van der Waals surface area contributed by atoms with Crippen LogP contribution in [-0.4, -0.2) is 46.4 Å². The zero-order valence-corrected chi connectivity index (χ0v) is 17.9. The Morgan fingerprint density at radius 1 is 1.04 bits per heavy atom. The molecule has 0 saturated heterocycles. The molecule has 0 radical (unpaired) electrons. The van der Waals surface area contributed by atoms with Crippen LogP contribution in [0.5, 0.6) is 5.75 Å². The summed E-state index contributed by atoms with van der Waals surface area (Å²) >= 11 is 0. The number of aryl methyl sites for hydroxylation is 2. The van der Waals surface area contributed by atoms with Crippen molar-refractivity contribution in [1.29, 1.82) is 0 Å². The average Bonchev–Trinajstić information content (AvgIpc) is 2.53. The van der Waals surface area contributed by atoms with Crippen LogP contribution in [0.1, 0.15) is 29.5 Å². The maximum atomic E-state index is 5.91. The number of methoxy groups -OCH3 is 1. The van der Waals surface area contributed by atoms with Gasteiger partial charge in [0.15, 0.2) is 5.96 Å². The number of ether oxygens (including phenoxy) is 2. The van der Waals surface area contributed by atoms with Crippen LogP contribution in [0.15, 0.2) is 17.1 Å². The van der Waals surface area contributed by atoms with Gasteiger partial charge in [-0.2, -0.15) is 0 Å². The van der Waals surface area contributed by atoms with Gasteiger partial charge in [-0.25, -0.2) is 0 Å². The van der Waals surface area contributed by atoms with Gasteiger partial charge in [0.1, 0.15) is 5.75 Å². The number of guanidine groups is 1. The van der Waals surface area contributed by atoms with Crippen LogP contribution in [-0.2, 0) is 4.74 Å². The summed E-state index contributed by atoms with van der Waals surface area (Å²) < 4.78 is 10.9. The van der Waals surface area contributed by atoms with Crippen molar-refractivity contribution in [2.24, 2.45) is 4.99 Å². The third-order valence-corrected chi connectivity index (χ3v) is 3.68. The van der Waals surface area contributed by atoms with Crippen LogP contribution >= 0.6 is 24.0 Å². The molecule has 24 heavy (non-hydrogen) atoms. The fourth-order valence-corrected chi connectivity index (χ4v) is 2.26. The summed E-state index contributed by atoms with van der Waals surface area (Å²) in [5.74, 6) is 1.81. The van der Waals surface area contributed by atoms with Gasteiger partial charge in [0.05, 0.1) is 6.61 Å². The molecule has 0 heterocycles. The number of nitrogens with one attached hydrogen (secondary N) is 2. The van der Waals surface area contributed by atoms with E-state index in [0.717, 1.165) is 44.2 Å². The van der Waals surface area contributed by atoms with Crippen molar-refractivity contribution in [1.82, 2.24) is 10.6 Å². The molecule has 138 valence electrons. The zero-order valence-electron chi connectivity index (χ0n) is 15.6. The van der Waals surface area contributed by atoms with Crippen molar-refractivity contribution in [3.05, 3.63) is 28.8 Å². The summed E-state index contributed by atoms with van der Waals surface area (Å²) in [6.45, 7) is 9.45. The largest absolute Gasteiger partial charge is 0.493 e. The van der Waals surface area contributed by atoms with E-state index in [1.165, 1.54) is 16.7 Å². The Morgan fingerprint density at radius 3 is 2.25 bits per heavy atom. The standard InChI is InChI=1S/C18H31N3O2.HI/c1-14-12-15(2)16(3)17(13-14)23-11-7-9-21-18(19-4)20-8-6-10-22-5;/h12-13H,6-11H2,1-5H3,(H2,19,20,21);1H. The molecule has 1 aromatic carbocycles. The maximum absolute atomic E-state index is 5.91. The molecule has 5 nitrogen and oxygen atoms in total. The topological polar surface area (TPSA) is 54.9 Å². The maximum Gasteiger partial charge on any atom is 0.190 e. The van der Waals surface area contributed by atoms with E-state index in [1.807, 2.05) is 0 Å². The van der Waals surface area contributed by atoms with Gasteiger partial charge in [-0.3, -0.25) is 4.99 Å². The fourth-order valence-electron chi connectivity index (χ4n) is 2.26. The van der Waals surface area contributed by atoms with Gasteiger partial charge in [-0.1, -0.05) is 6.07 Å². The lowest BCUT2D eigenvalue weighted by Crippen LogP contribution is -2.38. The highest BCUT2D eigenvalue weighted by atomic mass is 127. The molecule has 1 aromatic rings. The Hall–Kier alpha value is -1.02. The van der Waals surface area contributed by atoms with Crippen LogP contribution in [0.2, 0.25) is 0 Å². The van der Waals surface area contributed by atoms with Crippen molar-refractivity contribution in [3.8, 4) is 5.75 Å². The number of nitrogens with zero attached hydrogens (tertiary/aromatic N) is 1. The highest BCUT2D eigenvalue weighted by molar-refractivity contribution is 14.0. The average molecular weight is 449 g/mol. The molecule has 0 aliphatic carbocycles. The first-order valence-electron chi connectivity index (χ1n) is 8.22. The quantitative estimate of drug-likeness (QED) is 0.263. The molecular formula is C18H32IN3O2. The predicted octanol–water partition coefficient (Wildman–Crippen LogP) is 3.20. The predicted molar refractivity (Wildman–Crippen MR) is 112 cm³/mol. The number of benzene rings is 1. The van der Waals surface area contributed by atoms with Crippen molar-refractivity contribution >= 4 is 29.9 Å². The number of rotatable bonds is 9. The zero-order chi connectivity index (χ0) is 17.1.